The van der Waals surface area contributed by atoms with E-state index in [9.17, 15) is 4.79 Å². The topological polar surface area (TPSA) is 26.3 Å². The van der Waals surface area contributed by atoms with Gasteiger partial charge in [-0.2, -0.15) is 0 Å². The highest BCUT2D eigenvalue weighted by Gasteiger charge is 2.06. The van der Waals surface area contributed by atoms with Crippen molar-refractivity contribution in [3.05, 3.63) is 59.7 Å². The van der Waals surface area contributed by atoms with E-state index in [0.29, 0.717) is 13.0 Å². The minimum Gasteiger partial charge on any atom is -0.465 e. The van der Waals surface area contributed by atoms with Crippen LogP contribution in [0.1, 0.15) is 82.8 Å². The van der Waals surface area contributed by atoms with Gasteiger partial charge in [0.05, 0.1) is 13.0 Å². The Morgan fingerprint density at radius 2 is 1.17 bits per heavy atom. The average molecular weight is 395 g/mol. The van der Waals surface area contributed by atoms with Crippen molar-refractivity contribution in [2.75, 3.05) is 6.61 Å². The van der Waals surface area contributed by atoms with Crippen molar-refractivity contribution in [1.82, 2.24) is 0 Å². The molecule has 2 nitrogen and oxygen atoms in total. The summed E-state index contributed by atoms with van der Waals surface area (Å²) in [7, 11) is 0. The maximum atomic E-state index is 12.1. The molecular weight excluding hydrogens is 356 g/mol. The van der Waals surface area contributed by atoms with E-state index >= 15 is 0 Å². The number of carbonyl (C=O) groups is 1. The normalized spacial score (nSPS) is 10.8. The van der Waals surface area contributed by atoms with E-state index in [4.69, 9.17) is 4.74 Å². The number of hydrogen-bond acceptors (Lipinski definition) is 2. The van der Waals surface area contributed by atoms with Crippen LogP contribution in [0.5, 0.6) is 0 Å². The molecule has 0 radical (unpaired) electrons. The van der Waals surface area contributed by atoms with E-state index in [1.54, 1.807) is 0 Å². The molecule has 2 heteroatoms. The van der Waals surface area contributed by atoms with Crippen LogP contribution in [0.4, 0.5) is 0 Å². The lowest BCUT2D eigenvalue weighted by atomic mass is 10.0. The van der Waals surface area contributed by atoms with Crippen LogP contribution in [0.15, 0.2) is 48.5 Å². The Balaban J connectivity index is 1.65. The van der Waals surface area contributed by atoms with Gasteiger partial charge < -0.3 is 4.74 Å². The first-order chi connectivity index (χ1) is 14.2. The molecule has 2 rings (SSSR count). The summed E-state index contributed by atoms with van der Waals surface area (Å²) >= 11 is 0. The minimum absolute atomic E-state index is 0.121. The molecule has 0 spiro atoms. The van der Waals surface area contributed by atoms with Crippen LogP contribution >= 0.6 is 0 Å². The first-order valence-electron chi connectivity index (χ1n) is 11.6. The number of carbonyl (C=O) groups excluding carboxylic acids is 1. The van der Waals surface area contributed by atoms with E-state index < -0.39 is 0 Å². The largest absolute Gasteiger partial charge is 0.465 e. The predicted octanol–water partition coefficient (Wildman–Crippen LogP) is 7.53. The molecule has 0 aliphatic carbocycles. The molecule has 0 aliphatic heterocycles. The van der Waals surface area contributed by atoms with Crippen LogP contribution < -0.4 is 0 Å². The number of hydrogen-bond donors (Lipinski definition) is 0. The number of rotatable bonds is 14. The fraction of sp³-hybridized carbons (Fsp3) is 0.519. The van der Waals surface area contributed by atoms with Gasteiger partial charge in [0.25, 0.3) is 0 Å². The molecule has 0 fully saturated rings. The van der Waals surface area contributed by atoms with Crippen LogP contribution in [0.3, 0.4) is 0 Å². The van der Waals surface area contributed by atoms with Crippen molar-refractivity contribution in [3.8, 4) is 11.1 Å². The molecular formula is C27H38O2. The maximum Gasteiger partial charge on any atom is 0.310 e. The van der Waals surface area contributed by atoms with Crippen LogP contribution in [0, 0.1) is 0 Å². The van der Waals surface area contributed by atoms with Gasteiger partial charge in [-0.15, -0.1) is 0 Å². The molecule has 0 unspecified atom stereocenters. The van der Waals surface area contributed by atoms with Crippen LogP contribution in [0.2, 0.25) is 0 Å². The zero-order chi connectivity index (χ0) is 20.7. The Bertz CT molecular complexity index is 685. The standard InChI is InChI=1S/C27H38O2/c1-3-5-6-7-8-9-10-11-21-29-27(28)22-24-15-19-26(20-16-24)25-17-13-23(12-4-2)14-18-25/h13-20H,3-12,21-22H2,1-2H3. The number of aryl methyl sites for hydroxylation is 1. The lowest BCUT2D eigenvalue weighted by Gasteiger charge is -2.07. The molecule has 0 atom stereocenters. The molecule has 0 saturated carbocycles. The van der Waals surface area contributed by atoms with Gasteiger partial charge in [-0.1, -0.05) is 114 Å². The van der Waals surface area contributed by atoms with Crippen molar-refractivity contribution < 1.29 is 9.53 Å². The molecule has 0 saturated heterocycles. The predicted molar refractivity (Wildman–Crippen MR) is 123 cm³/mol. The van der Waals surface area contributed by atoms with Crippen molar-refractivity contribution in [3.63, 3.8) is 0 Å². The second-order valence-electron chi connectivity index (χ2n) is 8.02. The zero-order valence-electron chi connectivity index (χ0n) is 18.4. The Morgan fingerprint density at radius 1 is 0.655 bits per heavy atom. The molecule has 0 heterocycles. The SMILES string of the molecule is CCCCCCCCCCOC(=O)Cc1ccc(-c2ccc(CCC)cc2)cc1. The number of unbranched alkanes of at least 4 members (excludes halogenated alkanes) is 7. The molecule has 158 valence electrons. The minimum atomic E-state index is -0.121. The third kappa shape index (κ3) is 9.30. The third-order valence-corrected chi connectivity index (χ3v) is 5.39. The van der Waals surface area contributed by atoms with Gasteiger partial charge in [0.1, 0.15) is 0 Å². The first-order valence-corrected chi connectivity index (χ1v) is 11.6. The van der Waals surface area contributed by atoms with Gasteiger partial charge >= 0.3 is 5.97 Å². The number of esters is 1. The molecule has 29 heavy (non-hydrogen) atoms. The van der Waals surface area contributed by atoms with Crippen LogP contribution in [-0.4, -0.2) is 12.6 Å². The van der Waals surface area contributed by atoms with E-state index in [0.717, 1.165) is 24.8 Å². The van der Waals surface area contributed by atoms with Gasteiger partial charge in [-0.05, 0) is 35.1 Å². The average Bonchev–Trinajstić information content (AvgIpc) is 2.74. The molecule has 2 aromatic rings. The van der Waals surface area contributed by atoms with Crippen molar-refractivity contribution in [1.29, 1.82) is 0 Å². The summed E-state index contributed by atoms with van der Waals surface area (Å²) in [5.41, 5.74) is 4.79. The summed E-state index contributed by atoms with van der Waals surface area (Å²) in [5.74, 6) is -0.121. The van der Waals surface area contributed by atoms with Gasteiger partial charge in [-0.25, -0.2) is 0 Å². The van der Waals surface area contributed by atoms with Gasteiger partial charge in [0, 0.05) is 0 Å². The van der Waals surface area contributed by atoms with E-state index in [1.807, 2.05) is 12.1 Å². The summed E-state index contributed by atoms with van der Waals surface area (Å²) < 4.78 is 5.40. The molecule has 0 N–H and O–H groups in total. The number of benzene rings is 2. The van der Waals surface area contributed by atoms with Crippen molar-refractivity contribution in [2.45, 2.75) is 84.5 Å². The third-order valence-electron chi connectivity index (χ3n) is 5.39. The highest BCUT2D eigenvalue weighted by Crippen LogP contribution is 2.21. The Hall–Kier alpha value is -2.09. The van der Waals surface area contributed by atoms with Gasteiger partial charge in [0.2, 0.25) is 0 Å². The van der Waals surface area contributed by atoms with Crippen molar-refractivity contribution >= 4 is 5.97 Å². The van der Waals surface area contributed by atoms with E-state index in [1.165, 1.54) is 61.6 Å². The maximum absolute atomic E-state index is 12.1. The van der Waals surface area contributed by atoms with Gasteiger partial charge in [0.15, 0.2) is 0 Å². The number of ether oxygens (including phenoxy) is 1. The summed E-state index contributed by atoms with van der Waals surface area (Å²) in [4.78, 5) is 12.1. The molecule has 0 bridgehead atoms. The zero-order valence-corrected chi connectivity index (χ0v) is 18.4. The van der Waals surface area contributed by atoms with E-state index in [2.05, 4.69) is 50.2 Å². The fourth-order valence-corrected chi connectivity index (χ4v) is 3.61. The summed E-state index contributed by atoms with van der Waals surface area (Å²) in [6, 6.07) is 17.0. The summed E-state index contributed by atoms with van der Waals surface area (Å²) in [6.45, 7) is 5.00. The Kier molecular flexibility index (Phi) is 11.2. The summed E-state index contributed by atoms with van der Waals surface area (Å²) in [5, 5.41) is 0. The Morgan fingerprint density at radius 3 is 1.72 bits per heavy atom. The molecule has 0 aliphatic rings. The molecule has 0 amide bonds. The highest BCUT2D eigenvalue weighted by molar-refractivity contribution is 5.73. The fourth-order valence-electron chi connectivity index (χ4n) is 3.61. The smallest absolute Gasteiger partial charge is 0.310 e. The molecule has 2 aromatic carbocycles. The molecule has 0 aromatic heterocycles. The highest BCUT2D eigenvalue weighted by atomic mass is 16.5. The van der Waals surface area contributed by atoms with Gasteiger partial charge in [-0.3, -0.25) is 4.79 Å². The van der Waals surface area contributed by atoms with Crippen LogP contribution in [-0.2, 0) is 22.4 Å². The first kappa shape index (κ1) is 23.2. The monoisotopic (exact) mass is 394 g/mol. The summed E-state index contributed by atoms with van der Waals surface area (Å²) in [6.07, 6.45) is 12.7. The second-order valence-corrected chi connectivity index (χ2v) is 8.02. The second kappa shape index (κ2) is 14.0. The lowest BCUT2D eigenvalue weighted by molar-refractivity contribution is -0.142. The van der Waals surface area contributed by atoms with E-state index in [-0.39, 0.29) is 5.97 Å². The van der Waals surface area contributed by atoms with Crippen LogP contribution in [0.25, 0.3) is 11.1 Å². The Labute approximate surface area is 177 Å². The quantitative estimate of drug-likeness (QED) is 0.244. The lowest BCUT2D eigenvalue weighted by Crippen LogP contribution is -2.09. The van der Waals surface area contributed by atoms with Crippen molar-refractivity contribution in [2.24, 2.45) is 0 Å².